The van der Waals surface area contributed by atoms with E-state index in [1.165, 1.54) is 13.8 Å². The summed E-state index contributed by atoms with van der Waals surface area (Å²) in [5.41, 5.74) is 0. The minimum absolute atomic E-state index is 0.0381. The zero-order valence-electron chi connectivity index (χ0n) is 12.4. The van der Waals surface area contributed by atoms with Gasteiger partial charge in [0, 0.05) is 18.8 Å². The molecule has 0 aromatic heterocycles. The minimum atomic E-state index is -3.29. The summed E-state index contributed by atoms with van der Waals surface area (Å²) < 4.78 is 21.9. The number of nitrogens with one attached hydrogen (secondary N) is 2. The lowest BCUT2D eigenvalue weighted by Crippen LogP contribution is -2.49. The van der Waals surface area contributed by atoms with Crippen LogP contribution in [0.15, 0.2) is 0 Å². The van der Waals surface area contributed by atoms with Crippen LogP contribution in [0.3, 0.4) is 0 Å². The van der Waals surface area contributed by atoms with Gasteiger partial charge in [0.15, 0.2) is 9.84 Å². The molecule has 0 aromatic carbocycles. The molecule has 7 nitrogen and oxygen atoms in total. The molecule has 0 rings (SSSR count). The lowest BCUT2D eigenvalue weighted by Gasteiger charge is -2.24. The molecule has 0 saturated heterocycles. The molecular formula is C12H24N2O5S. The van der Waals surface area contributed by atoms with Gasteiger partial charge in [0.05, 0.1) is 11.2 Å². The molecule has 0 fully saturated rings. The molecule has 0 saturated carbocycles. The van der Waals surface area contributed by atoms with E-state index in [9.17, 15) is 18.0 Å². The van der Waals surface area contributed by atoms with Crippen LogP contribution in [0.5, 0.6) is 0 Å². The van der Waals surface area contributed by atoms with Crippen LogP contribution in [0.2, 0.25) is 0 Å². The van der Waals surface area contributed by atoms with Crippen LogP contribution >= 0.6 is 0 Å². The highest BCUT2D eigenvalue weighted by atomic mass is 32.2. The first kappa shape index (κ1) is 18.7. The van der Waals surface area contributed by atoms with E-state index in [4.69, 9.17) is 5.11 Å². The Hall–Kier alpha value is -1.31. The Kier molecular flexibility index (Phi) is 6.98. The van der Waals surface area contributed by atoms with Gasteiger partial charge in [-0.3, -0.25) is 4.79 Å². The highest BCUT2D eigenvalue weighted by Crippen LogP contribution is 2.13. The number of carbonyl (C=O) groups is 2. The van der Waals surface area contributed by atoms with E-state index in [2.05, 4.69) is 10.6 Å². The second kappa shape index (κ2) is 7.47. The van der Waals surface area contributed by atoms with Gasteiger partial charge < -0.3 is 15.7 Å². The van der Waals surface area contributed by atoms with Crippen molar-refractivity contribution in [2.75, 3.05) is 12.8 Å². The van der Waals surface area contributed by atoms with Gasteiger partial charge in [-0.05, 0) is 20.3 Å². The standard InChI is InChI=1S/C12H24N2O5S/c1-5-6-9(7-10(15)16)14-11(17)13-8-12(2,3)20(4,18)19/h9H,5-8H2,1-4H3,(H,15,16)(H2,13,14,17). The summed E-state index contributed by atoms with van der Waals surface area (Å²) in [7, 11) is -3.29. The molecule has 0 aliphatic heterocycles. The first-order chi connectivity index (χ1) is 8.99. The third kappa shape index (κ3) is 6.74. The van der Waals surface area contributed by atoms with Crippen LogP contribution in [0.4, 0.5) is 4.79 Å². The van der Waals surface area contributed by atoms with E-state index in [1.807, 2.05) is 6.92 Å². The van der Waals surface area contributed by atoms with Crippen LogP contribution in [0.25, 0.3) is 0 Å². The average molecular weight is 308 g/mol. The van der Waals surface area contributed by atoms with Crippen LogP contribution < -0.4 is 10.6 Å². The maximum absolute atomic E-state index is 11.7. The smallest absolute Gasteiger partial charge is 0.315 e. The molecule has 0 heterocycles. The van der Waals surface area contributed by atoms with E-state index in [1.54, 1.807) is 0 Å². The zero-order chi connectivity index (χ0) is 16.0. The van der Waals surface area contributed by atoms with Crippen molar-refractivity contribution in [2.45, 2.75) is 50.8 Å². The second-order valence-corrected chi connectivity index (χ2v) is 8.09. The molecule has 8 heteroatoms. The van der Waals surface area contributed by atoms with E-state index >= 15 is 0 Å². The van der Waals surface area contributed by atoms with Gasteiger partial charge in [-0.2, -0.15) is 0 Å². The average Bonchev–Trinajstić information content (AvgIpc) is 2.24. The summed E-state index contributed by atoms with van der Waals surface area (Å²) >= 11 is 0. The first-order valence-electron chi connectivity index (χ1n) is 6.45. The number of aliphatic carboxylic acids is 1. The maximum atomic E-state index is 11.7. The maximum Gasteiger partial charge on any atom is 0.315 e. The number of carbonyl (C=O) groups excluding carboxylic acids is 1. The number of amides is 2. The number of hydrogen-bond acceptors (Lipinski definition) is 4. The van der Waals surface area contributed by atoms with E-state index in [-0.39, 0.29) is 13.0 Å². The molecule has 0 spiro atoms. The predicted molar refractivity (Wildman–Crippen MR) is 76.4 cm³/mol. The summed E-state index contributed by atoms with van der Waals surface area (Å²) in [6.07, 6.45) is 2.25. The third-order valence-corrected chi connectivity index (χ3v) is 5.22. The molecule has 0 aliphatic rings. The van der Waals surface area contributed by atoms with Crippen molar-refractivity contribution in [1.29, 1.82) is 0 Å². The number of sulfone groups is 1. The van der Waals surface area contributed by atoms with Crippen molar-refractivity contribution in [2.24, 2.45) is 0 Å². The molecule has 0 bridgehead atoms. The quantitative estimate of drug-likeness (QED) is 0.612. The van der Waals surface area contributed by atoms with Gasteiger partial charge in [0.1, 0.15) is 0 Å². The molecule has 0 aromatic rings. The Morgan fingerprint density at radius 2 is 1.85 bits per heavy atom. The van der Waals surface area contributed by atoms with Crippen LogP contribution in [0.1, 0.15) is 40.0 Å². The van der Waals surface area contributed by atoms with Crippen molar-refractivity contribution < 1.29 is 23.1 Å². The molecule has 1 atom stereocenters. The number of carboxylic acids is 1. The number of rotatable bonds is 8. The van der Waals surface area contributed by atoms with Crippen molar-refractivity contribution in [3.05, 3.63) is 0 Å². The van der Waals surface area contributed by atoms with Crippen molar-refractivity contribution >= 4 is 21.8 Å². The Bertz CT molecular complexity index is 445. The summed E-state index contributed by atoms with van der Waals surface area (Å²) in [5, 5.41) is 13.8. The third-order valence-electron chi connectivity index (χ3n) is 3.07. The Morgan fingerprint density at radius 1 is 1.30 bits per heavy atom. The summed E-state index contributed by atoms with van der Waals surface area (Å²) in [6.45, 7) is 4.89. The molecule has 118 valence electrons. The Labute approximate surface area is 120 Å². The molecular weight excluding hydrogens is 284 g/mol. The van der Waals surface area contributed by atoms with Crippen LogP contribution in [-0.2, 0) is 14.6 Å². The Balaban J connectivity index is 4.44. The largest absolute Gasteiger partial charge is 0.481 e. The second-order valence-electron chi connectivity index (χ2n) is 5.44. The van der Waals surface area contributed by atoms with Gasteiger partial charge in [0.2, 0.25) is 0 Å². The molecule has 20 heavy (non-hydrogen) atoms. The van der Waals surface area contributed by atoms with Gasteiger partial charge in [0.25, 0.3) is 0 Å². The SMILES string of the molecule is CCCC(CC(=O)O)NC(=O)NCC(C)(C)S(C)(=O)=O. The monoisotopic (exact) mass is 308 g/mol. The molecule has 0 radical (unpaired) electrons. The number of hydrogen-bond donors (Lipinski definition) is 3. The van der Waals surface area contributed by atoms with Crippen molar-refractivity contribution in [3.8, 4) is 0 Å². The van der Waals surface area contributed by atoms with Gasteiger partial charge in [-0.1, -0.05) is 13.3 Å². The minimum Gasteiger partial charge on any atom is -0.481 e. The van der Waals surface area contributed by atoms with Gasteiger partial charge in [-0.15, -0.1) is 0 Å². The molecule has 1 unspecified atom stereocenters. The molecule has 0 aliphatic carbocycles. The lowest BCUT2D eigenvalue weighted by molar-refractivity contribution is -0.137. The summed E-state index contributed by atoms with van der Waals surface area (Å²) in [6, 6.07) is -1.01. The van der Waals surface area contributed by atoms with Crippen LogP contribution in [-0.4, -0.2) is 49.1 Å². The fourth-order valence-electron chi connectivity index (χ4n) is 1.45. The van der Waals surface area contributed by atoms with E-state index in [0.29, 0.717) is 6.42 Å². The van der Waals surface area contributed by atoms with Crippen LogP contribution in [0, 0.1) is 0 Å². The fraction of sp³-hybridized carbons (Fsp3) is 0.833. The van der Waals surface area contributed by atoms with Gasteiger partial charge >= 0.3 is 12.0 Å². The normalized spacial score (nSPS) is 13.6. The molecule has 3 N–H and O–H groups in total. The fourth-order valence-corrected chi connectivity index (χ4v) is 1.78. The topological polar surface area (TPSA) is 113 Å². The Morgan fingerprint density at radius 3 is 2.25 bits per heavy atom. The summed E-state index contributed by atoms with van der Waals surface area (Å²) in [5.74, 6) is -0.986. The number of urea groups is 1. The zero-order valence-corrected chi connectivity index (χ0v) is 13.2. The van der Waals surface area contributed by atoms with E-state index < -0.39 is 32.6 Å². The number of carboxylic acid groups (broad SMARTS) is 1. The lowest BCUT2D eigenvalue weighted by atomic mass is 10.1. The van der Waals surface area contributed by atoms with Crippen molar-refractivity contribution in [1.82, 2.24) is 10.6 Å². The van der Waals surface area contributed by atoms with Crippen molar-refractivity contribution in [3.63, 3.8) is 0 Å². The summed E-state index contributed by atoms with van der Waals surface area (Å²) in [4.78, 5) is 22.3. The first-order valence-corrected chi connectivity index (χ1v) is 8.34. The van der Waals surface area contributed by atoms with E-state index in [0.717, 1.165) is 12.7 Å². The van der Waals surface area contributed by atoms with Gasteiger partial charge in [-0.25, -0.2) is 13.2 Å². The highest BCUT2D eigenvalue weighted by Gasteiger charge is 2.30. The highest BCUT2D eigenvalue weighted by molar-refractivity contribution is 7.92. The molecule has 2 amide bonds. The predicted octanol–water partition coefficient (Wildman–Crippen LogP) is 0.752.